The number of nitrogens with one attached hydrogen (secondary N) is 1. The molecular formula is C15H14N4. The van der Waals surface area contributed by atoms with Crippen LogP contribution < -0.4 is 5.32 Å². The summed E-state index contributed by atoms with van der Waals surface area (Å²) in [4.78, 5) is 9.02. The van der Waals surface area contributed by atoms with Crippen LogP contribution in [-0.2, 0) is 19.4 Å². The van der Waals surface area contributed by atoms with Crippen LogP contribution >= 0.6 is 0 Å². The van der Waals surface area contributed by atoms with E-state index >= 15 is 0 Å². The zero-order chi connectivity index (χ0) is 13.1. The molecule has 4 heteroatoms. The van der Waals surface area contributed by atoms with E-state index in [-0.39, 0.29) is 0 Å². The molecule has 3 rings (SSSR count). The molecule has 1 aromatic carbocycles. The molecule has 2 aromatic rings. The second kappa shape index (κ2) is 5.17. The average molecular weight is 250 g/mol. The Morgan fingerprint density at radius 3 is 3.11 bits per heavy atom. The number of aromatic nitrogens is 2. The molecule has 1 aliphatic rings. The first-order valence-corrected chi connectivity index (χ1v) is 6.39. The van der Waals surface area contributed by atoms with Gasteiger partial charge in [-0.15, -0.1) is 0 Å². The standard InChI is InChI=1S/C15H14N4/c16-8-12-4-2-1-3-11(12)7-15-18-9-13-5-6-17-10-14(13)19-15/h1-4,9,17H,5-7,10H2. The number of hydrogen-bond donors (Lipinski definition) is 1. The molecule has 0 amide bonds. The van der Waals surface area contributed by atoms with Crippen LogP contribution in [0.15, 0.2) is 30.5 Å². The fraction of sp³-hybridized carbons (Fsp3) is 0.267. The lowest BCUT2D eigenvalue weighted by atomic mass is 10.0. The normalized spacial score (nSPS) is 13.6. The lowest BCUT2D eigenvalue weighted by Crippen LogP contribution is -2.25. The molecule has 0 fully saturated rings. The van der Waals surface area contributed by atoms with Gasteiger partial charge in [-0.2, -0.15) is 5.26 Å². The van der Waals surface area contributed by atoms with E-state index in [1.165, 1.54) is 5.56 Å². The van der Waals surface area contributed by atoms with Gasteiger partial charge in [0.05, 0.1) is 17.3 Å². The van der Waals surface area contributed by atoms with Crippen LogP contribution in [0.2, 0.25) is 0 Å². The summed E-state index contributed by atoms with van der Waals surface area (Å²) in [5, 5.41) is 12.4. The van der Waals surface area contributed by atoms with Crippen molar-refractivity contribution in [3.63, 3.8) is 0 Å². The quantitative estimate of drug-likeness (QED) is 0.879. The summed E-state index contributed by atoms with van der Waals surface area (Å²) >= 11 is 0. The van der Waals surface area contributed by atoms with E-state index in [9.17, 15) is 0 Å². The van der Waals surface area contributed by atoms with Gasteiger partial charge in [0.25, 0.3) is 0 Å². The SMILES string of the molecule is N#Cc1ccccc1Cc1ncc2c(n1)CNCC2. The summed E-state index contributed by atoms with van der Waals surface area (Å²) in [6, 6.07) is 9.81. The first-order valence-electron chi connectivity index (χ1n) is 6.39. The fourth-order valence-corrected chi connectivity index (χ4v) is 2.31. The van der Waals surface area contributed by atoms with Gasteiger partial charge >= 0.3 is 0 Å². The molecule has 1 aromatic heterocycles. The first-order chi connectivity index (χ1) is 9.36. The Morgan fingerprint density at radius 2 is 2.21 bits per heavy atom. The summed E-state index contributed by atoms with van der Waals surface area (Å²) < 4.78 is 0. The van der Waals surface area contributed by atoms with E-state index in [2.05, 4.69) is 21.4 Å². The maximum absolute atomic E-state index is 9.09. The second-order valence-electron chi connectivity index (χ2n) is 4.63. The van der Waals surface area contributed by atoms with Crippen LogP contribution in [0.4, 0.5) is 0 Å². The zero-order valence-electron chi connectivity index (χ0n) is 10.6. The van der Waals surface area contributed by atoms with Crippen LogP contribution in [-0.4, -0.2) is 16.5 Å². The highest BCUT2D eigenvalue weighted by Crippen LogP contribution is 2.14. The molecule has 2 heterocycles. The predicted octanol–water partition coefficient (Wildman–Crippen LogP) is 1.58. The molecule has 0 aliphatic carbocycles. The Labute approximate surface area is 112 Å². The molecular weight excluding hydrogens is 236 g/mol. The molecule has 1 N–H and O–H groups in total. The smallest absolute Gasteiger partial charge is 0.133 e. The van der Waals surface area contributed by atoms with Crippen LogP contribution in [0.3, 0.4) is 0 Å². The monoisotopic (exact) mass is 250 g/mol. The minimum Gasteiger partial charge on any atom is -0.311 e. The summed E-state index contributed by atoms with van der Waals surface area (Å²) in [6.45, 7) is 1.80. The number of hydrogen-bond acceptors (Lipinski definition) is 4. The van der Waals surface area contributed by atoms with Crippen molar-refractivity contribution < 1.29 is 0 Å². The second-order valence-corrected chi connectivity index (χ2v) is 4.63. The molecule has 94 valence electrons. The van der Waals surface area contributed by atoms with Crippen LogP contribution in [0.5, 0.6) is 0 Å². The van der Waals surface area contributed by atoms with Gasteiger partial charge in [-0.1, -0.05) is 18.2 Å². The number of rotatable bonds is 2. The predicted molar refractivity (Wildman–Crippen MR) is 71.4 cm³/mol. The van der Waals surface area contributed by atoms with Crippen molar-refractivity contribution in [2.45, 2.75) is 19.4 Å². The van der Waals surface area contributed by atoms with E-state index in [0.29, 0.717) is 12.0 Å². The third-order valence-corrected chi connectivity index (χ3v) is 3.35. The van der Waals surface area contributed by atoms with Crippen molar-refractivity contribution in [2.24, 2.45) is 0 Å². The van der Waals surface area contributed by atoms with Gasteiger partial charge in [-0.25, -0.2) is 9.97 Å². The molecule has 0 unspecified atom stereocenters. The highest BCUT2D eigenvalue weighted by atomic mass is 14.9. The Bertz CT molecular complexity index is 643. The molecule has 0 saturated heterocycles. The van der Waals surface area contributed by atoms with Gasteiger partial charge in [0.1, 0.15) is 5.82 Å². The van der Waals surface area contributed by atoms with Gasteiger partial charge < -0.3 is 5.32 Å². The van der Waals surface area contributed by atoms with Crippen molar-refractivity contribution in [1.29, 1.82) is 5.26 Å². The summed E-state index contributed by atoms with van der Waals surface area (Å²) in [6.07, 6.45) is 3.52. The van der Waals surface area contributed by atoms with E-state index in [0.717, 1.165) is 36.6 Å². The van der Waals surface area contributed by atoms with E-state index in [1.807, 2.05) is 30.5 Å². The van der Waals surface area contributed by atoms with Crippen molar-refractivity contribution in [2.75, 3.05) is 6.54 Å². The molecule has 0 atom stereocenters. The first kappa shape index (κ1) is 11.8. The Kier molecular flexibility index (Phi) is 3.21. The number of benzene rings is 1. The largest absolute Gasteiger partial charge is 0.311 e. The molecule has 0 radical (unpaired) electrons. The maximum Gasteiger partial charge on any atom is 0.133 e. The van der Waals surface area contributed by atoms with Crippen molar-refractivity contribution in [3.8, 4) is 6.07 Å². The van der Waals surface area contributed by atoms with Gasteiger partial charge in [0.2, 0.25) is 0 Å². The minimum atomic E-state index is 0.608. The van der Waals surface area contributed by atoms with Gasteiger partial charge in [-0.05, 0) is 30.2 Å². The van der Waals surface area contributed by atoms with Gasteiger partial charge in [0, 0.05) is 19.2 Å². The van der Waals surface area contributed by atoms with Crippen LogP contribution in [0.25, 0.3) is 0 Å². The summed E-state index contributed by atoms with van der Waals surface area (Å²) in [7, 11) is 0. The average Bonchev–Trinajstić information content (AvgIpc) is 2.48. The summed E-state index contributed by atoms with van der Waals surface area (Å²) in [5.74, 6) is 0.783. The Hall–Kier alpha value is -2.25. The van der Waals surface area contributed by atoms with Crippen molar-refractivity contribution in [1.82, 2.24) is 15.3 Å². The van der Waals surface area contributed by atoms with E-state index in [1.54, 1.807) is 0 Å². The van der Waals surface area contributed by atoms with Gasteiger partial charge in [-0.3, -0.25) is 0 Å². The summed E-state index contributed by atoms with van der Waals surface area (Å²) in [5.41, 5.74) is 4.00. The third-order valence-electron chi connectivity index (χ3n) is 3.35. The minimum absolute atomic E-state index is 0.608. The molecule has 4 nitrogen and oxygen atoms in total. The Morgan fingerprint density at radius 1 is 1.32 bits per heavy atom. The highest BCUT2D eigenvalue weighted by Gasteiger charge is 2.12. The number of fused-ring (bicyclic) bond motifs is 1. The lowest BCUT2D eigenvalue weighted by Gasteiger charge is -2.16. The Balaban J connectivity index is 1.89. The van der Waals surface area contributed by atoms with E-state index in [4.69, 9.17) is 5.26 Å². The van der Waals surface area contributed by atoms with Gasteiger partial charge in [0.15, 0.2) is 0 Å². The number of nitrogens with zero attached hydrogens (tertiary/aromatic N) is 3. The molecule has 0 spiro atoms. The van der Waals surface area contributed by atoms with Crippen molar-refractivity contribution >= 4 is 0 Å². The van der Waals surface area contributed by atoms with Crippen LogP contribution in [0, 0.1) is 11.3 Å². The topological polar surface area (TPSA) is 61.6 Å². The molecule has 1 aliphatic heterocycles. The molecule has 19 heavy (non-hydrogen) atoms. The lowest BCUT2D eigenvalue weighted by molar-refractivity contribution is 0.618. The third kappa shape index (κ3) is 2.47. The van der Waals surface area contributed by atoms with Crippen molar-refractivity contribution in [3.05, 3.63) is 58.7 Å². The highest BCUT2D eigenvalue weighted by molar-refractivity contribution is 5.39. The number of nitriles is 1. The zero-order valence-corrected chi connectivity index (χ0v) is 10.6. The molecule has 0 bridgehead atoms. The van der Waals surface area contributed by atoms with E-state index < -0.39 is 0 Å². The van der Waals surface area contributed by atoms with Crippen LogP contribution in [0.1, 0.15) is 28.2 Å². The maximum atomic E-state index is 9.09. The fourth-order valence-electron chi connectivity index (χ4n) is 2.31. The molecule has 0 saturated carbocycles.